The van der Waals surface area contributed by atoms with E-state index in [0.717, 1.165) is 21.9 Å². The van der Waals surface area contributed by atoms with Crippen LogP contribution in [0.5, 0.6) is 11.5 Å². The van der Waals surface area contributed by atoms with Crippen LogP contribution in [0, 0.1) is 0 Å². The van der Waals surface area contributed by atoms with E-state index in [2.05, 4.69) is 29.6 Å². The summed E-state index contributed by atoms with van der Waals surface area (Å²) in [6.07, 6.45) is 2.27. The van der Waals surface area contributed by atoms with Gasteiger partial charge in [-0.2, -0.15) is 0 Å². The number of amides is 1. The summed E-state index contributed by atoms with van der Waals surface area (Å²) < 4.78 is 11.7. The maximum absolute atomic E-state index is 14.0. The standard InChI is InChI=1S/C32H31NO5/c34-30(35)15-7-10-24-16-17-26(38-25-11-2-1-3-12-25)22-28(24)31(36)33-32(18-20-37-21-19-32)29-14-6-9-23-8-4-5-13-27(23)29/h1-6,8-9,11-14,16-17,22H,7,10,15,18-21H2,(H,33,36)(H,34,35). The molecular weight excluding hydrogens is 478 g/mol. The molecule has 0 radical (unpaired) electrons. The Bertz CT molecular complexity index is 1420. The Hall–Kier alpha value is -4.16. The van der Waals surface area contributed by atoms with Gasteiger partial charge >= 0.3 is 5.97 Å². The highest BCUT2D eigenvalue weighted by Gasteiger charge is 2.37. The number of aliphatic carboxylic acids is 1. The van der Waals surface area contributed by atoms with E-state index in [0.29, 0.717) is 56.0 Å². The first kappa shape index (κ1) is 25.5. The average Bonchev–Trinajstić information content (AvgIpc) is 2.94. The molecule has 1 saturated heterocycles. The zero-order chi connectivity index (χ0) is 26.4. The van der Waals surface area contributed by atoms with Crippen molar-refractivity contribution in [3.8, 4) is 11.5 Å². The van der Waals surface area contributed by atoms with Crippen molar-refractivity contribution in [2.75, 3.05) is 13.2 Å². The third-order valence-electron chi connectivity index (χ3n) is 7.15. The summed E-state index contributed by atoms with van der Waals surface area (Å²) in [6.45, 7) is 1.10. The van der Waals surface area contributed by atoms with Crippen molar-refractivity contribution in [3.05, 3.63) is 108 Å². The molecule has 38 heavy (non-hydrogen) atoms. The fourth-order valence-corrected chi connectivity index (χ4v) is 5.21. The number of aryl methyl sites for hydroxylation is 1. The zero-order valence-corrected chi connectivity index (χ0v) is 21.2. The van der Waals surface area contributed by atoms with Gasteiger partial charge in [0, 0.05) is 25.2 Å². The molecule has 0 bridgehead atoms. The molecular formula is C32H31NO5. The summed E-state index contributed by atoms with van der Waals surface area (Å²) in [4.78, 5) is 25.1. The van der Waals surface area contributed by atoms with Gasteiger partial charge in [0.05, 0.1) is 5.54 Å². The number of hydrogen-bond acceptors (Lipinski definition) is 4. The molecule has 1 fully saturated rings. The van der Waals surface area contributed by atoms with Crippen LogP contribution in [0.3, 0.4) is 0 Å². The summed E-state index contributed by atoms with van der Waals surface area (Å²) in [6, 6.07) is 29.3. The smallest absolute Gasteiger partial charge is 0.303 e. The van der Waals surface area contributed by atoms with Crippen LogP contribution < -0.4 is 10.1 Å². The number of fused-ring (bicyclic) bond motifs is 1. The van der Waals surface area contributed by atoms with Gasteiger partial charge in [-0.25, -0.2) is 0 Å². The van der Waals surface area contributed by atoms with Gasteiger partial charge in [-0.1, -0.05) is 66.7 Å². The van der Waals surface area contributed by atoms with Crippen LogP contribution in [0.4, 0.5) is 0 Å². The van der Waals surface area contributed by atoms with Gasteiger partial charge in [0.25, 0.3) is 5.91 Å². The van der Waals surface area contributed by atoms with Crippen molar-refractivity contribution >= 4 is 22.6 Å². The number of rotatable bonds is 9. The highest BCUT2D eigenvalue weighted by atomic mass is 16.5. The minimum absolute atomic E-state index is 0.0423. The van der Waals surface area contributed by atoms with Crippen LogP contribution in [-0.2, 0) is 21.5 Å². The number of para-hydroxylation sites is 1. The molecule has 0 aromatic heterocycles. The Morgan fingerprint density at radius 2 is 1.61 bits per heavy atom. The zero-order valence-electron chi connectivity index (χ0n) is 21.2. The molecule has 4 aromatic rings. The van der Waals surface area contributed by atoms with E-state index in [1.165, 1.54) is 0 Å². The quantitative estimate of drug-likeness (QED) is 0.270. The number of carboxylic acid groups (broad SMARTS) is 1. The molecule has 1 heterocycles. The summed E-state index contributed by atoms with van der Waals surface area (Å²) >= 11 is 0. The largest absolute Gasteiger partial charge is 0.481 e. The van der Waals surface area contributed by atoms with Gasteiger partial charge in [0.2, 0.25) is 0 Å². The molecule has 6 heteroatoms. The van der Waals surface area contributed by atoms with Gasteiger partial charge in [-0.05, 0) is 71.8 Å². The first-order valence-corrected chi connectivity index (χ1v) is 13.0. The van der Waals surface area contributed by atoms with Crippen LogP contribution >= 0.6 is 0 Å². The van der Waals surface area contributed by atoms with Crippen LogP contribution in [-0.4, -0.2) is 30.2 Å². The van der Waals surface area contributed by atoms with Crippen LogP contribution in [0.25, 0.3) is 10.8 Å². The van der Waals surface area contributed by atoms with Gasteiger partial charge in [-0.3, -0.25) is 9.59 Å². The number of benzene rings is 4. The summed E-state index contributed by atoms with van der Waals surface area (Å²) in [5.41, 5.74) is 1.78. The molecule has 1 aliphatic heterocycles. The van der Waals surface area contributed by atoms with Crippen molar-refractivity contribution in [1.82, 2.24) is 5.32 Å². The van der Waals surface area contributed by atoms with E-state index in [4.69, 9.17) is 14.6 Å². The maximum Gasteiger partial charge on any atom is 0.303 e. The Morgan fingerprint density at radius 3 is 2.39 bits per heavy atom. The highest BCUT2D eigenvalue weighted by molar-refractivity contribution is 5.97. The molecule has 1 aliphatic rings. The lowest BCUT2D eigenvalue weighted by Crippen LogP contribution is -2.49. The summed E-state index contributed by atoms with van der Waals surface area (Å²) in [7, 11) is 0. The number of hydrogen-bond donors (Lipinski definition) is 2. The fourth-order valence-electron chi connectivity index (χ4n) is 5.21. The third-order valence-corrected chi connectivity index (χ3v) is 7.15. The topological polar surface area (TPSA) is 84.9 Å². The van der Waals surface area contributed by atoms with Gasteiger partial charge < -0.3 is 19.9 Å². The predicted molar refractivity (Wildman–Crippen MR) is 147 cm³/mol. The van der Waals surface area contributed by atoms with E-state index in [1.807, 2.05) is 60.7 Å². The second-order valence-corrected chi connectivity index (χ2v) is 9.66. The Morgan fingerprint density at radius 1 is 0.868 bits per heavy atom. The Balaban J connectivity index is 1.50. The molecule has 194 valence electrons. The van der Waals surface area contributed by atoms with E-state index in [9.17, 15) is 9.59 Å². The molecule has 0 saturated carbocycles. The van der Waals surface area contributed by atoms with Gasteiger partial charge in [0.1, 0.15) is 11.5 Å². The number of ether oxygens (including phenoxy) is 2. The minimum atomic E-state index is -0.850. The van der Waals surface area contributed by atoms with Crippen molar-refractivity contribution in [2.45, 2.75) is 37.6 Å². The number of carbonyl (C=O) groups is 2. The van der Waals surface area contributed by atoms with Crippen LogP contribution in [0.1, 0.15) is 47.2 Å². The third kappa shape index (κ3) is 5.71. The molecule has 4 aromatic carbocycles. The van der Waals surface area contributed by atoms with E-state index < -0.39 is 11.5 Å². The first-order chi connectivity index (χ1) is 18.5. The SMILES string of the molecule is O=C(O)CCCc1ccc(Oc2ccccc2)cc1C(=O)NC1(c2cccc3ccccc23)CCOCC1. The second-order valence-electron chi connectivity index (χ2n) is 9.66. The average molecular weight is 510 g/mol. The number of carboxylic acids is 1. The van der Waals surface area contributed by atoms with E-state index in [1.54, 1.807) is 6.07 Å². The number of carbonyl (C=O) groups excluding carboxylic acids is 1. The highest BCUT2D eigenvalue weighted by Crippen LogP contribution is 2.37. The first-order valence-electron chi connectivity index (χ1n) is 13.0. The lowest BCUT2D eigenvalue weighted by Gasteiger charge is -2.39. The van der Waals surface area contributed by atoms with E-state index in [-0.39, 0.29) is 12.3 Å². The van der Waals surface area contributed by atoms with Gasteiger partial charge in [-0.15, -0.1) is 0 Å². The monoisotopic (exact) mass is 509 g/mol. The summed E-state index contributed by atoms with van der Waals surface area (Å²) in [5, 5.41) is 14.8. The lowest BCUT2D eigenvalue weighted by molar-refractivity contribution is -0.137. The molecule has 5 rings (SSSR count). The van der Waals surface area contributed by atoms with Crippen LogP contribution in [0.15, 0.2) is 91.0 Å². The van der Waals surface area contributed by atoms with Gasteiger partial charge in [0.15, 0.2) is 0 Å². The summed E-state index contributed by atoms with van der Waals surface area (Å²) in [5.74, 6) is 0.171. The van der Waals surface area contributed by atoms with Crippen molar-refractivity contribution < 1.29 is 24.2 Å². The Kier molecular flexibility index (Phi) is 7.70. The Labute approximate surface area is 222 Å². The van der Waals surface area contributed by atoms with Crippen molar-refractivity contribution in [2.24, 2.45) is 0 Å². The lowest BCUT2D eigenvalue weighted by atomic mass is 9.80. The minimum Gasteiger partial charge on any atom is -0.481 e. The molecule has 0 spiro atoms. The maximum atomic E-state index is 14.0. The van der Waals surface area contributed by atoms with Crippen molar-refractivity contribution in [1.29, 1.82) is 0 Å². The molecule has 6 nitrogen and oxygen atoms in total. The molecule has 0 atom stereocenters. The van der Waals surface area contributed by atoms with E-state index >= 15 is 0 Å². The second kappa shape index (κ2) is 11.5. The predicted octanol–water partition coefficient (Wildman–Crippen LogP) is 6.48. The number of nitrogens with one attached hydrogen (secondary N) is 1. The van der Waals surface area contributed by atoms with Crippen molar-refractivity contribution in [3.63, 3.8) is 0 Å². The molecule has 0 unspecified atom stereocenters. The molecule has 2 N–H and O–H groups in total. The van der Waals surface area contributed by atoms with Crippen LogP contribution in [0.2, 0.25) is 0 Å². The fraction of sp³-hybridized carbons (Fsp3) is 0.250. The molecule has 1 amide bonds. The molecule has 0 aliphatic carbocycles. The normalized spacial score (nSPS) is 14.6.